The number of hydrogen-bond donors (Lipinski definition) is 3. The van der Waals surface area contributed by atoms with Crippen LogP contribution in [0.15, 0.2) is 17.1 Å². The van der Waals surface area contributed by atoms with E-state index in [1.54, 1.807) is 18.4 Å². The molecule has 0 amide bonds. The first-order chi connectivity index (χ1) is 8.80. The largest absolute Gasteiger partial charge is 0.385 e. The number of aryl methyl sites for hydroxylation is 1. The van der Waals surface area contributed by atoms with Crippen molar-refractivity contribution in [1.82, 2.24) is 10.7 Å². The van der Waals surface area contributed by atoms with Crippen LogP contribution in [-0.2, 0) is 17.7 Å². The SMILES string of the molecule is CCc1ccc(CN=C(NN)NCCCOC)s1. The summed E-state index contributed by atoms with van der Waals surface area (Å²) in [6.45, 7) is 4.34. The van der Waals surface area contributed by atoms with Gasteiger partial charge in [-0.05, 0) is 25.0 Å². The number of guanidine groups is 1. The average molecular weight is 270 g/mol. The summed E-state index contributed by atoms with van der Waals surface area (Å²) in [4.78, 5) is 7.03. The fourth-order valence-electron chi connectivity index (χ4n) is 1.43. The second kappa shape index (κ2) is 8.91. The van der Waals surface area contributed by atoms with Gasteiger partial charge in [-0.3, -0.25) is 5.43 Å². The number of nitrogens with two attached hydrogens (primary N) is 1. The van der Waals surface area contributed by atoms with Crippen molar-refractivity contribution < 1.29 is 4.74 Å². The second-order valence-electron chi connectivity index (χ2n) is 3.80. The standard InChI is InChI=1S/C12H22N4OS/c1-3-10-5-6-11(18-10)9-15-12(16-13)14-7-4-8-17-2/h5-6H,3-4,7-9,13H2,1-2H3,(H2,14,15,16). The number of thiophene rings is 1. The lowest BCUT2D eigenvalue weighted by Gasteiger charge is -2.08. The topological polar surface area (TPSA) is 71.7 Å². The molecule has 0 unspecified atom stereocenters. The molecule has 0 saturated carbocycles. The van der Waals surface area contributed by atoms with Crippen LogP contribution in [-0.4, -0.2) is 26.2 Å². The molecule has 0 fully saturated rings. The molecule has 1 rings (SSSR count). The normalized spacial score (nSPS) is 11.6. The summed E-state index contributed by atoms with van der Waals surface area (Å²) in [7, 11) is 1.69. The minimum absolute atomic E-state index is 0.623. The van der Waals surface area contributed by atoms with Gasteiger partial charge in [0.05, 0.1) is 6.54 Å². The molecule has 1 aromatic rings. The smallest absolute Gasteiger partial charge is 0.206 e. The summed E-state index contributed by atoms with van der Waals surface area (Å²) in [6.07, 6.45) is 2.00. The van der Waals surface area contributed by atoms with Crippen molar-refractivity contribution in [3.63, 3.8) is 0 Å². The zero-order chi connectivity index (χ0) is 13.2. The van der Waals surface area contributed by atoms with E-state index in [9.17, 15) is 0 Å². The van der Waals surface area contributed by atoms with Crippen molar-refractivity contribution in [2.24, 2.45) is 10.8 Å². The van der Waals surface area contributed by atoms with Gasteiger partial charge in [0.25, 0.3) is 0 Å². The summed E-state index contributed by atoms with van der Waals surface area (Å²) in [5.74, 6) is 6.03. The first kappa shape index (κ1) is 14.9. The van der Waals surface area contributed by atoms with Crippen LogP contribution in [0.2, 0.25) is 0 Å². The molecule has 0 bridgehead atoms. The summed E-state index contributed by atoms with van der Waals surface area (Å²) in [5, 5.41) is 3.13. The molecule has 5 nitrogen and oxygen atoms in total. The lowest BCUT2D eigenvalue weighted by molar-refractivity contribution is 0.195. The molecule has 102 valence electrons. The zero-order valence-corrected chi connectivity index (χ0v) is 11.8. The predicted molar refractivity (Wildman–Crippen MR) is 76.7 cm³/mol. The molecular formula is C12H22N4OS. The molecule has 0 spiro atoms. The molecule has 0 aromatic carbocycles. The van der Waals surface area contributed by atoms with Gasteiger partial charge in [0.2, 0.25) is 5.96 Å². The molecule has 0 aliphatic carbocycles. The van der Waals surface area contributed by atoms with Gasteiger partial charge in [-0.2, -0.15) is 0 Å². The van der Waals surface area contributed by atoms with Gasteiger partial charge in [-0.25, -0.2) is 10.8 Å². The minimum atomic E-state index is 0.623. The first-order valence-corrected chi connectivity index (χ1v) is 6.93. The van der Waals surface area contributed by atoms with Crippen LogP contribution in [0.1, 0.15) is 23.1 Å². The van der Waals surface area contributed by atoms with E-state index in [4.69, 9.17) is 10.6 Å². The van der Waals surface area contributed by atoms with Crippen molar-refractivity contribution >= 4 is 17.3 Å². The third-order valence-corrected chi connectivity index (χ3v) is 3.63. The maximum Gasteiger partial charge on any atom is 0.206 e. The summed E-state index contributed by atoms with van der Waals surface area (Å²) in [6, 6.07) is 4.27. The molecule has 0 aliphatic rings. The Morgan fingerprint density at radius 1 is 1.44 bits per heavy atom. The molecule has 0 atom stereocenters. The maximum absolute atomic E-state index is 5.41. The molecule has 0 radical (unpaired) electrons. The highest BCUT2D eigenvalue weighted by molar-refractivity contribution is 7.11. The predicted octanol–water partition coefficient (Wildman–Crippen LogP) is 1.26. The van der Waals surface area contributed by atoms with Gasteiger partial charge < -0.3 is 10.1 Å². The van der Waals surface area contributed by atoms with Crippen molar-refractivity contribution in [2.75, 3.05) is 20.3 Å². The molecule has 18 heavy (non-hydrogen) atoms. The Hall–Kier alpha value is -1.11. The number of methoxy groups -OCH3 is 1. The quantitative estimate of drug-likeness (QED) is 0.229. The minimum Gasteiger partial charge on any atom is -0.385 e. The van der Waals surface area contributed by atoms with Gasteiger partial charge in [-0.1, -0.05) is 6.92 Å². The van der Waals surface area contributed by atoms with E-state index in [2.05, 4.69) is 34.8 Å². The maximum atomic E-state index is 5.41. The first-order valence-electron chi connectivity index (χ1n) is 6.11. The van der Waals surface area contributed by atoms with Crippen LogP contribution in [0.4, 0.5) is 0 Å². The average Bonchev–Trinajstić information content (AvgIpc) is 2.86. The Balaban J connectivity index is 2.36. The lowest BCUT2D eigenvalue weighted by Crippen LogP contribution is -2.42. The van der Waals surface area contributed by atoms with E-state index < -0.39 is 0 Å². The zero-order valence-electron chi connectivity index (χ0n) is 11.0. The number of nitrogens with zero attached hydrogens (tertiary/aromatic N) is 1. The lowest BCUT2D eigenvalue weighted by atomic mass is 10.4. The monoisotopic (exact) mass is 270 g/mol. The van der Waals surface area contributed by atoms with Gasteiger partial charge >= 0.3 is 0 Å². The van der Waals surface area contributed by atoms with E-state index in [-0.39, 0.29) is 0 Å². The van der Waals surface area contributed by atoms with Crippen LogP contribution < -0.4 is 16.6 Å². The third kappa shape index (κ3) is 5.48. The van der Waals surface area contributed by atoms with Crippen LogP contribution in [0, 0.1) is 0 Å². The van der Waals surface area contributed by atoms with Gasteiger partial charge in [0, 0.05) is 30.0 Å². The van der Waals surface area contributed by atoms with Crippen LogP contribution in [0.5, 0.6) is 0 Å². The van der Waals surface area contributed by atoms with E-state index >= 15 is 0 Å². The Labute approximate surface area is 112 Å². The second-order valence-corrected chi connectivity index (χ2v) is 5.06. The van der Waals surface area contributed by atoms with Crippen LogP contribution in [0.25, 0.3) is 0 Å². The Bertz CT molecular complexity index is 365. The van der Waals surface area contributed by atoms with Crippen molar-refractivity contribution in [1.29, 1.82) is 0 Å². The number of hydrazine groups is 1. The number of aliphatic imine (C=N–C) groups is 1. The highest BCUT2D eigenvalue weighted by Crippen LogP contribution is 2.17. The highest BCUT2D eigenvalue weighted by Gasteiger charge is 1.99. The van der Waals surface area contributed by atoms with Gasteiger partial charge in [0.15, 0.2) is 0 Å². The molecule has 4 N–H and O–H groups in total. The van der Waals surface area contributed by atoms with Crippen molar-refractivity contribution in [2.45, 2.75) is 26.3 Å². The molecule has 1 heterocycles. The number of ether oxygens (including phenoxy) is 1. The van der Waals surface area contributed by atoms with Crippen LogP contribution >= 0.6 is 11.3 Å². The summed E-state index contributed by atoms with van der Waals surface area (Å²) in [5.41, 5.74) is 2.57. The Morgan fingerprint density at radius 2 is 2.22 bits per heavy atom. The molecular weight excluding hydrogens is 248 g/mol. The molecule has 6 heteroatoms. The highest BCUT2D eigenvalue weighted by atomic mass is 32.1. The number of hydrogen-bond acceptors (Lipinski definition) is 4. The number of rotatable bonds is 7. The molecule has 1 aromatic heterocycles. The Morgan fingerprint density at radius 3 is 2.83 bits per heavy atom. The summed E-state index contributed by atoms with van der Waals surface area (Å²) >= 11 is 1.79. The summed E-state index contributed by atoms with van der Waals surface area (Å²) < 4.78 is 4.97. The number of nitrogens with one attached hydrogen (secondary N) is 2. The van der Waals surface area contributed by atoms with Gasteiger partial charge in [0.1, 0.15) is 0 Å². The fourth-order valence-corrected chi connectivity index (χ4v) is 2.31. The van der Waals surface area contributed by atoms with Crippen LogP contribution in [0.3, 0.4) is 0 Å². The third-order valence-electron chi connectivity index (χ3n) is 2.41. The van der Waals surface area contributed by atoms with E-state index in [1.165, 1.54) is 9.75 Å². The van der Waals surface area contributed by atoms with E-state index in [0.29, 0.717) is 12.5 Å². The van der Waals surface area contributed by atoms with Crippen molar-refractivity contribution in [3.05, 3.63) is 21.9 Å². The molecule has 0 aliphatic heterocycles. The fraction of sp³-hybridized carbons (Fsp3) is 0.583. The van der Waals surface area contributed by atoms with Crippen molar-refractivity contribution in [3.8, 4) is 0 Å². The van der Waals surface area contributed by atoms with E-state index in [0.717, 1.165) is 26.0 Å². The van der Waals surface area contributed by atoms with E-state index in [1.807, 2.05) is 0 Å². The van der Waals surface area contributed by atoms with Gasteiger partial charge in [-0.15, -0.1) is 11.3 Å². The molecule has 0 saturated heterocycles. The Kier molecular flexibility index (Phi) is 7.40.